The molecule has 2 N–H and O–H groups in total. The summed E-state index contributed by atoms with van der Waals surface area (Å²) in [6.07, 6.45) is 1.42. The SMILES string of the molecule is CC(C)(C)C(=O)Nc1ccc(Nc2c(F)cccc2F)nc1. The van der Waals surface area contributed by atoms with Gasteiger partial charge >= 0.3 is 0 Å². The first-order valence-electron chi connectivity index (χ1n) is 6.76. The van der Waals surface area contributed by atoms with Crippen LogP contribution in [0.25, 0.3) is 0 Å². The first-order chi connectivity index (χ1) is 10.3. The molecule has 2 aromatic rings. The topological polar surface area (TPSA) is 54.0 Å². The van der Waals surface area contributed by atoms with Crippen LogP contribution in [0.5, 0.6) is 0 Å². The average molecular weight is 305 g/mol. The summed E-state index contributed by atoms with van der Waals surface area (Å²) in [4.78, 5) is 15.9. The van der Waals surface area contributed by atoms with Crippen molar-refractivity contribution in [1.29, 1.82) is 0 Å². The lowest BCUT2D eigenvalue weighted by atomic mass is 9.96. The predicted octanol–water partition coefficient (Wildman–Crippen LogP) is 4.09. The number of anilines is 3. The molecule has 1 amide bonds. The Bertz CT molecular complexity index is 659. The number of hydrogen-bond acceptors (Lipinski definition) is 3. The molecule has 22 heavy (non-hydrogen) atoms. The van der Waals surface area contributed by atoms with Crippen molar-refractivity contribution >= 4 is 23.1 Å². The maximum Gasteiger partial charge on any atom is 0.229 e. The highest BCUT2D eigenvalue weighted by Crippen LogP contribution is 2.23. The third kappa shape index (κ3) is 3.78. The molecule has 4 nitrogen and oxygen atoms in total. The third-order valence-corrected chi connectivity index (χ3v) is 2.92. The molecule has 0 spiro atoms. The fraction of sp³-hybridized carbons (Fsp3) is 0.250. The van der Waals surface area contributed by atoms with E-state index in [4.69, 9.17) is 0 Å². The monoisotopic (exact) mass is 305 g/mol. The van der Waals surface area contributed by atoms with Gasteiger partial charge in [0.05, 0.1) is 11.9 Å². The van der Waals surface area contributed by atoms with E-state index in [-0.39, 0.29) is 17.4 Å². The van der Waals surface area contributed by atoms with Gasteiger partial charge in [-0.05, 0) is 24.3 Å². The minimum atomic E-state index is -0.702. The molecule has 0 atom stereocenters. The zero-order valence-corrected chi connectivity index (χ0v) is 12.6. The van der Waals surface area contributed by atoms with Gasteiger partial charge in [-0.2, -0.15) is 0 Å². The van der Waals surface area contributed by atoms with Crippen LogP contribution < -0.4 is 10.6 Å². The molecule has 0 aliphatic heterocycles. The molecular formula is C16H17F2N3O. The molecule has 0 fully saturated rings. The van der Waals surface area contributed by atoms with Crippen LogP contribution in [0.15, 0.2) is 36.5 Å². The number of nitrogens with zero attached hydrogens (tertiary/aromatic N) is 1. The second-order valence-corrected chi connectivity index (χ2v) is 5.86. The molecule has 2 rings (SSSR count). The van der Waals surface area contributed by atoms with Crippen LogP contribution in [0.1, 0.15) is 20.8 Å². The number of benzene rings is 1. The van der Waals surface area contributed by atoms with E-state index in [9.17, 15) is 13.6 Å². The van der Waals surface area contributed by atoms with E-state index in [1.54, 1.807) is 26.8 Å². The van der Waals surface area contributed by atoms with Crippen molar-refractivity contribution in [1.82, 2.24) is 4.98 Å². The van der Waals surface area contributed by atoms with Gasteiger partial charge < -0.3 is 10.6 Å². The van der Waals surface area contributed by atoms with Gasteiger partial charge in [-0.3, -0.25) is 4.79 Å². The number of hydrogen-bond donors (Lipinski definition) is 2. The molecule has 1 aromatic carbocycles. The first kappa shape index (κ1) is 15.9. The number of pyridine rings is 1. The van der Waals surface area contributed by atoms with Crippen molar-refractivity contribution < 1.29 is 13.6 Å². The van der Waals surface area contributed by atoms with Crippen molar-refractivity contribution in [3.05, 3.63) is 48.2 Å². The number of nitrogens with one attached hydrogen (secondary N) is 2. The van der Waals surface area contributed by atoms with E-state index in [0.717, 1.165) is 12.1 Å². The zero-order valence-electron chi connectivity index (χ0n) is 12.6. The molecule has 0 radical (unpaired) electrons. The van der Waals surface area contributed by atoms with Gasteiger partial charge in [0.15, 0.2) is 0 Å². The van der Waals surface area contributed by atoms with Crippen LogP contribution in [0.2, 0.25) is 0 Å². The van der Waals surface area contributed by atoms with E-state index in [1.165, 1.54) is 18.3 Å². The Morgan fingerprint density at radius 1 is 1.09 bits per heavy atom. The molecule has 0 unspecified atom stereocenters. The molecule has 6 heteroatoms. The number of para-hydroxylation sites is 1. The molecule has 0 saturated heterocycles. The smallest absolute Gasteiger partial charge is 0.229 e. The summed E-state index contributed by atoms with van der Waals surface area (Å²) >= 11 is 0. The second-order valence-electron chi connectivity index (χ2n) is 5.86. The van der Waals surface area contributed by atoms with E-state index >= 15 is 0 Å². The van der Waals surface area contributed by atoms with Crippen LogP contribution in [-0.4, -0.2) is 10.9 Å². The summed E-state index contributed by atoms with van der Waals surface area (Å²) in [5.41, 5.74) is -0.270. The van der Waals surface area contributed by atoms with Gasteiger partial charge in [0.1, 0.15) is 23.1 Å². The van der Waals surface area contributed by atoms with Gasteiger partial charge in [0.2, 0.25) is 5.91 Å². The minimum Gasteiger partial charge on any atom is -0.335 e. The van der Waals surface area contributed by atoms with Gasteiger partial charge in [-0.25, -0.2) is 13.8 Å². The van der Waals surface area contributed by atoms with Gasteiger partial charge in [-0.15, -0.1) is 0 Å². The first-order valence-corrected chi connectivity index (χ1v) is 6.76. The van der Waals surface area contributed by atoms with Crippen molar-refractivity contribution in [2.24, 2.45) is 5.41 Å². The van der Waals surface area contributed by atoms with Crippen LogP contribution in [0, 0.1) is 17.0 Å². The van der Waals surface area contributed by atoms with Crippen LogP contribution in [0.4, 0.5) is 26.0 Å². The fourth-order valence-corrected chi connectivity index (χ4v) is 1.61. The van der Waals surface area contributed by atoms with Crippen LogP contribution >= 0.6 is 0 Å². The number of rotatable bonds is 3. The molecular weight excluding hydrogens is 288 g/mol. The number of halogens is 2. The second kappa shape index (κ2) is 6.09. The molecule has 116 valence electrons. The quantitative estimate of drug-likeness (QED) is 0.898. The normalized spacial score (nSPS) is 11.1. The van der Waals surface area contributed by atoms with Crippen molar-refractivity contribution in [2.75, 3.05) is 10.6 Å². The molecule has 0 aliphatic rings. The Labute approximate surface area is 127 Å². The number of aromatic nitrogens is 1. The third-order valence-electron chi connectivity index (χ3n) is 2.92. The Morgan fingerprint density at radius 2 is 1.73 bits per heavy atom. The van der Waals surface area contributed by atoms with E-state index in [1.807, 2.05) is 0 Å². The van der Waals surface area contributed by atoms with Gasteiger partial charge in [-0.1, -0.05) is 26.8 Å². The summed E-state index contributed by atoms with van der Waals surface area (Å²) in [5.74, 6) is -1.27. The molecule has 1 heterocycles. The Morgan fingerprint density at radius 3 is 2.23 bits per heavy atom. The van der Waals surface area contributed by atoms with Crippen LogP contribution in [0.3, 0.4) is 0 Å². The Balaban J connectivity index is 2.11. The lowest BCUT2D eigenvalue weighted by Gasteiger charge is -2.17. The maximum absolute atomic E-state index is 13.5. The molecule has 0 aliphatic carbocycles. The number of carbonyl (C=O) groups excluding carboxylic acids is 1. The lowest BCUT2D eigenvalue weighted by Crippen LogP contribution is -2.27. The minimum absolute atomic E-state index is 0.143. The standard InChI is InChI=1S/C16H17F2N3O/c1-16(2,3)15(22)20-10-7-8-13(19-9-10)21-14-11(17)5-4-6-12(14)18/h4-9H,1-3H3,(H,19,21)(H,20,22). The van der Waals surface area contributed by atoms with Crippen molar-refractivity contribution in [3.8, 4) is 0 Å². The summed E-state index contributed by atoms with van der Waals surface area (Å²) in [7, 11) is 0. The predicted molar refractivity (Wildman–Crippen MR) is 82.0 cm³/mol. The Kier molecular flexibility index (Phi) is 4.40. The highest BCUT2D eigenvalue weighted by atomic mass is 19.1. The maximum atomic E-state index is 13.5. The highest BCUT2D eigenvalue weighted by molar-refractivity contribution is 5.94. The van der Waals surface area contributed by atoms with E-state index in [0.29, 0.717) is 5.69 Å². The van der Waals surface area contributed by atoms with E-state index in [2.05, 4.69) is 15.6 Å². The molecule has 1 aromatic heterocycles. The number of carbonyl (C=O) groups is 1. The van der Waals surface area contributed by atoms with Crippen molar-refractivity contribution in [2.45, 2.75) is 20.8 Å². The number of amides is 1. The van der Waals surface area contributed by atoms with Crippen LogP contribution in [-0.2, 0) is 4.79 Å². The van der Waals surface area contributed by atoms with Gasteiger partial charge in [0, 0.05) is 5.41 Å². The van der Waals surface area contributed by atoms with Crippen molar-refractivity contribution in [3.63, 3.8) is 0 Å². The largest absolute Gasteiger partial charge is 0.335 e. The highest BCUT2D eigenvalue weighted by Gasteiger charge is 2.21. The zero-order chi connectivity index (χ0) is 16.3. The lowest BCUT2D eigenvalue weighted by molar-refractivity contribution is -0.123. The average Bonchev–Trinajstić information content (AvgIpc) is 2.44. The Hall–Kier alpha value is -2.50. The summed E-state index contributed by atoms with van der Waals surface area (Å²) in [6, 6.07) is 6.74. The van der Waals surface area contributed by atoms with Gasteiger partial charge in [0.25, 0.3) is 0 Å². The summed E-state index contributed by atoms with van der Waals surface area (Å²) < 4.78 is 27.1. The summed E-state index contributed by atoms with van der Waals surface area (Å²) in [6.45, 7) is 5.39. The fourth-order valence-electron chi connectivity index (χ4n) is 1.61. The van der Waals surface area contributed by atoms with E-state index < -0.39 is 17.0 Å². The molecule has 0 bridgehead atoms. The molecule has 0 saturated carbocycles. The summed E-state index contributed by atoms with van der Waals surface area (Å²) in [5, 5.41) is 5.30.